The lowest BCUT2D eigenvalue weighted by Crippen LogP contribution is -3.16. The molecule has 2 N–H and O–H groups in total. The van der Waals surface area contributed by atoms with Gasteiger partial charge in [-0.3, -0.25) is 9.59 Å². The smallest absolute Gasteiger partial charge is 0.306 e. The molecule has 0 bridgehead atoms. The number of hydrogen-bond donors (Lipinski definition) is 2. The van der Waals surface area contributed by atoms with E-state index in [1.807, 2.05) is 33.8 Å². The minimum absolute atomic E-state index is 0.0444. The van der Waals surface area contributed by atoms with Crippen LogP contribution in [-0.4, -0.2) is 86.2 Å². The predicted molar refractivity (Wildman–Crippen MR) is 133 cm³/mol. The molecule has 0 saturated carbocycles. The van der Waals surface area contributed by atoms with Crippen LogP contribution in [0.2, 0.25) is 0 Å². The molecule has 1 aromatic carbocycles. The Balaban J connectivity index is 1.69. The molecule has 9 nitrogen and oxygen atoms in total. The zero-order valence-electron chi connectivity index (χ0n) is 21.7. The number of fused-ring (bicyclic) bond motifs is 1. The Hall–Kier alpha value is -2.62. The third-order valence-corrected chi connectivity index (χ3v) is 7.02. The van der Waals surface area contributed by atoms with Gasteiger partial charge in [0.1, 0.15) is 30.2 Å². The zero-order chi connectivity index (χ0) is 25.9. The lowest BCUT2D eigenvalue weighted by atomic mass is 9.83. The summed E-state index contributed by atoms with van der Waals surface area (Å²) in [5.74, 6) is 0.376. The first kappa shape index (κ1) is 26.4. The molecule has 3 aliphatic heterocycles. The number of amides is 1. The highest BCUT2D eigenvalue weighted by Gasteiger charge is 2.53. The standard InChI is InChI=1S/C27H38N2O7/c1-18(2)17-22(31)35-26-24(29-11-15-34-16-12-29)23-20(36-27(26,3)4)7-5-19(25(23)32)6-8-21(30)28-9-13-33-14-10-28/h5-8,18,24,26,32H,9-17H2,1-4H3/p+1/b8-6+/t24-,26-/m0/s1. The van der Waals surface area contributed by atoms with E-state index >= 15 is 0 Å². The number of hydrogen-bond acceptors (Lipinski definition) is 7. The second-order valence-corrected chi connectivity index (χ2v) is 10.6. The number of phenolic OH excluding ortho intramolecular Hbond substituents is 1. The van der Waals surface area contributed by atoms with Crippen LogP contribution < -0.4 is 9.64 Å². The van der Waals surface area contributed by atoms with Crippen LogP contribution in [0, 0.1) is 5.92 Å². The summed E-state index contributed by atoms with van der Waals surface area (Å²) in [6.45, 7) is 12.6. The van der Waals surface area contributed by atoms with Gasteiger partial charge in [0.15, 0.2) is 12.1 Å². The number of benzene rings is 1. The first-order chi connectivity index (χ1) is 17.2. The summed E-state index contributed by atoms with van der Waals surface area (Å²) >= 11 is 0. The zero-order valence-corrected chi connectivity index (χ0v) is 21.7. The van der Waals surface area contributed by atoms with Crippen LogP contribution in [0.15, 0.2) is 18.2 Å². The van der Waals surface area contributed by atoms with Gasteiger partial charge < -0.3 is 33.9 Å². The Morgan fingerprint density at radius 2 is 1.83 bits per heavy atom. The molecule has 0 aromatic heterocycles. The Bertz CT molecular complexity index is 979. The summed E-state index contributed by atoms with van der Waals surface area (Å²) in [4.78, 5) is 28.3. The van der Waals surface area contributed by atoms with E-state index in [2.05, 4.69) is 0 Å². The Labute approximate surface area is 212 Å². The van der Waals surface area contributed by atoms with Crippen molar-refractivity contribution in [1.29, 1.82) is 0 Å². The Morgan fingerprint density at radius 3 is 2.50 bits per heavy atom. The van der Waals surface area contributed by atoms with Crippen molar-refractivity contribution in [2.45, 2.75) is 51.9 Å². The number of ether oxygens (including phenoxy) is 4. The largest absolute Gasteiger partial charge is 0.507 e. The van der Waals surface area contributed by atoms with Gasteiger partial charge in [0.05, 0.1) is 32.0 Å². The number of phenols is 1. The van der Waals surface area contributed by atoms with Crippen LogP contribution in [0.5, 0.6) is 11.5 Å². The Morgan fingerprint density at radius 1 is 1.17 bits per heavy atom. The average molecular weight is 504 g/mol. The summed E-state index contributed by atoms with van der Waals surface area (Å²) < 4.78 is 23.3. The van der Waals surface area contributed by atoms with Gasteiger partial charge in [-0.1, -0.05) is 13.8 Å². The second kappa shape index (κ2) is 11.2. The number of nitrogens with one attached hydrogen (secondary N) is 1. The third-order valence-electron chi connectivity index (χ3n) is 7.02. The van der Waals surface area contributed by atoms with E-state index in [1.165, 1.54) is 11.0 Å². The molecule has 3 aliphatic rings. The first-order valence-electron chi connectivity index (χ1n) is 12.9. The number of carbonyl (C=O) groups excluding carboxylic acids is 2. The number of esters is 1. The topological polar surface area (TPSA) is 99.0 Å². The molecule has 0 spiro atoms. The van der Waals surface area contributed by atoms with E-state index in [-0.39, 0.29) is 29.6 Å². The molecule has 2 fully saturated rings. The minimum atomic E-state index is -0.800. The number of aromatic hydroxyl groups is 1. The normalized spacial score (nSPS) is 24.4. The van der Waals surface area contributed by atoms with Crippen molar-refractivity contribution in [3.05, 3.63) is 29.3 Å². The van der Waals surface area contributed by atoms with Crippen LogP contribution in [-0.2, 0) is 23.8 Å². The van der Waals surface area contributed by atoms with Crippen molar-refractivity contribution >= 4 is 18.0 Å². The molecule has 0 radical (unpaired) electrons. The van der Waals surface area contributed by atoms with E-state index in [0.717, 1.165) is 0 Å². The summed E-state index contributed by atoms with van der Waals surface area (Å²) in [5.41, 5.74) is 0.323. The molecule has 198 valence electrons. The summed E-state index contributed by atoms with van der Waals surface area (Å²) in [6.07, 6.45) is 2.82. The average Bonchev–Trinajstić information content (AvgIpc) is 2.84. The van der Waals surface area contributed by atoms with Gasteiger partial charge in [-0.25, -0.2) is 0 Å². The summed E-state index contributed by atoms with van der Waals surface area (Å²) in [5, 5.41) is 11.5. The van der Waals surface area contributed by atoms with Crippen molar-refractivity contribution in [2.75, 3.05) is 52.6 Å². The highest BCUT2D eigenvalue weighted by atomic mass is 16.6. The lowest BCUT2D eigenvalue weighted by molar-refractivity contribution is -0.944. The van der Waals surface area contributed by atoms with Gasteiger partial charge >= 0.3 is 5.97 Å². The van der Waals surface area contributed by atoms with Gasteiger partial charge in [0, 0.05) is 31.1 Å². The SMILES string of the molecule is CC(C)CC(=O)O[C@H]1[C@@H]([NH+]2CCOCC2)c2c(ccc(/C=C/C(=O)N3CCOCC3)c2O)OC1(C)C. The quantitative estimate of drug-likeness (QED) is 0.447. The summed E-state index contributed by atoms with van der Waals surface area (Å²) in [7, 11) is 0. The van der Waals surface area contributed by atoms with Crippen LogP contribution in [0.3, 0.4) is 0 Å². The Kier molecular flexibility index (Phi) is 8.22. The van der Waals surface area contributed by atoms with Gasteiger partial charge in [0.25, 0.3) is 0 Å². The highest BCUT2D eigenvalue weighted by Crippen LogP contribution is 2.46. The van der Waals surface area contributed by atoms with E-state index in [0.29, 0.717) is 75.9 Å². The van der Waals surface area contributed by atoms with Gasteiger partial charge in [-0.2, -0.15) is 0 Å². The number of quaternary nitrogens is 1. The van der Waals surface area contributed by atoms with Gasteiger partial charge in [-0.15, -0.1) is 0 Å². The van der Waals surface area contributed by atoms with E-state index in [1.54, 1.807) is 17.0 Å². The number of carbonyl (C=O) groups is 2. The van der Waals surface area contributed by atoms with Crippen molar-refractivity contribution in [3.63, 3.8) is 0 Å². The molecule has 4 rings (SSSR count). The monoisotopic (exact) mass is 503 g/mol. The van der Waals surface area contributed by atoms with E-state index < -0.39 is 11.7 Å². The van der Waals surface area contributed by atoms with Crippen LogP contribution in [0.4, 0.5) is 0 Å². The van der Waals surface area contributed by atoms with Crippen LogP contribution in [0.25, 0.3) is 6.08 Å². The van der Waals surface area contributed by atoms with Gasteiger partial charge in [0.2, 0.25) is 5.91 Å². The molecule has 0 aliphatic carbocycles. The fourth-order valence-electron chi connectivity index (χ4n) is 5.17. The summed E-state index contributed by atoms with van der Waals surface area (Å²) in [6, 6.07) is 3.24. The lowest BCUT2D eigenvalue weighted by Gasteiger charge is -2.46. The second-order valence-electron chi connectivity index (χ2n) is 10.6. The number of morpholine rings is 2. The maximum atomic E-state index is 12.8. The molecule has 36 heavy (non-hydrogen) atoms. The molecule has 2 saturated heterocycles. The van der Waals surface area contributed by atoms with E-state index in [4.69, 9.17) is 18.9 Å². The fourth-order valence-corrected chi connectivity index (χ4v) is 5.17. The minimum Gasteiger partial charge on any atom is -0.507 e. The van der Waals surface area contributed by atoms with Crippen molar-refractivity contribution in [2.24, 2.45) is 5.92 Å². The number of nitrogens with zero attached hydrogens (tertiary/aromatic N) is 1. The fraction of sp³-hybridized carbons (Fsp3) is 0.630. The molecule has 1 aromatic rings. The molecule has 3 heterocycles. The molecule has 0 unspecified atom stereocenters. The predicted octanol–water partition coefficient (Wildman–Crippen LogP) is 1.35. The maximum Gasteiger partial charge on any atom is 0.306 e. The van der Waals surface area contributed by atoms with Crippen LogP contribution in [0.1, 0.15) is 51.3 Å². The van der Waals surface area contributed by atoms with E-state index in [9.17, 15) is 14.7 Å². The van der Waals surface area contributed by atoms with Crippen molar-refractivity contribution in [1.82, 2.24) is 4.90 Å². The molecular formula is C27H39N2O7+. The third kappa shape index (κ3) is 5.85. The highest BCUT2D eigenvalue weighted by molar-refractivity contribution is 5.92. The first-order valence-corrected chi connectivity index (χ1v) is 12.9. The van der Waals surface area contributed by atoms with Crippen molar-refractivity contribution in [3.8, 4) is 11.5 Å². The maximum absolute atomic E-state index is 12.8. The molecular weight excluding hydrogens is 464 g/mol. The van der Waals surface area contributed by atoms with Crippen LogP contribution >= 0.6 is 0 Å². The molecule has 9 heteroatoms. The molecule has 2 atom stereocenters. The van der Waals surface area contributed by atoms with Gasteiger partial charge in [-0.05, 0) is 38.0 Å². The van der Waals surface area contributed by atoms with Crippen molar-refractivity contribution < 1.29 is 38.5 Å². The number of rotatable bonds is 6. The molecule has 1 amide bonds.